The molecule has 4 rings (SSSR count). The highest BCUT2D eigenvalue weighted by Gasteiger charge is 2.50. The first-order valence-corrected chi connectivity index (χ1v) is 14.1. The van der Waals surface area contributed by atoms with Gasteiger partial charge >= 0.3 is 0 Å². The van der Waals surface area contributed by atoms with E-state index in [1.807, 2.05) is 0 Å². The Labute approximate surface area is 234 Å². The number of nitrogens with one attached hydrogen (secondary N) is 4. The number of hydrogen-bond donors (Lipinski definition) is 4. The molecule has 0 unspecified atom stereocenters. The minimum absolute atomic E-state index is 0.0711. The second kappa shape index (κ2) is 12.8. The fourth-order valence-corrected chi connectivity index (χ4v) is 5.39. The van der Waals surface area contributed by atoms with Gasteiger partial charge in [-0.15, -0.1) is 0 Å². The first-order chi connectivity index (χ1) is 19.1. The van der Waals surface area contributed by atoms with Crippen LogP contribution in [0.3, 0.4) is 0 Å². The topological polar surface area (TPSA) is 155 Å². The molecule has 4 amide bonds. The van der Waals surface area contributed by atoms with Crippen LogP contribution in [-0.2, 0) is 35.1 Å². The smallest absolute Gasteiger partial charge is 0.243 e. The molecule has 11 heteroatoms. The quantitative estimate of drug-likeness (QED) is 0.262. The molecule has 0 aromatic heterocycles. The summed E-state index contributed by atoms with van der Waals surface area (Å²) >= 11 is 0. The van der Waals surface area contributed by atoms with Gasteiger partial charge in [0.2, 0.25) is 23.6 Å². The van der Waals surface area contributed by atoms with Gasteiger partial charge in [-0.3, -0.25) is 24.0 Å². The molecule has 0 radical (unpaired) electrons. The van der Waals surface area contributed by atoms with Gasteiger partial charge in [-0.25, -0.2) is 0 Å². The van der Waals surface area contributed by atoms with E-state index in [1.54, 1.807) is 38.3 Å². The Morgan fingerprint density at radius 1 is 1.05 bits per heavy atom. The predicted octanol–water partition coefficient (Wildman–Crippen LogP) is 0.786. The summed E-state index contributed by atoms with van der Waals surface area (Å²) in [5.74, 6) is -1.33. The first kappa shape index (κ1) is 29.5. The minimum atomic E-state index is -0.998. The number of amides is 4. The lowest BCUT2D eigenvalue weighted by molar-refractivity contribution is -0.134. The number of carbonyl (C=O) groups is 5. The third kappa shape index (κ3) is 7.59. The molecule has 1 aliphatic carbocycles. The molecule has 0 spiro atoms. The van der Waals surface area contributed by atoms with Gasteiger partial charge in [0, 0.05) is 19.4 Å². The zero-order valence-corrected chi connectivity index (χ0v) is 23.4. The van der Waals surface area contributed by atoms with Gasteiger partial charge in [-0.2, -0.15) is 0 Å². The van der Waals surface area contributed by atoms with Gasteiger partial charge in [0.25, 0.3) is 0 Å². The van der Waals surface area contributed by atoms with E-state index in [4.69, 9.17) is 9.47 Å². The third-order valence-corrected chi connectivity index (χ3v) is 8.11. The Morgan fingerprint density at radius 3 is 2.27 bits per heavy atom. The maximum absolute atomic E-state index is 13.7. The third-order valence-electron chi connectivity index (χ3n) is 8.11. The number of epoxide rings is 1. The van der Waals surface area contributed by atoms with Crippen LogP contribution < -0.4 is 26.0 Å². The lowest BCUT2D eigenvalue weighted by Crippen LogP contribution is -2.57. The Hall–Kier alpha value is -3.47. The van der Waals surface area contributed by atoms with Gasteiger partial charge < -0.3 is 30.7 Å². The predicted molar refractivity (Wildman–Crippen MR) is 145 cm³/mol. The molecular weight excluding hydrogens is 516 g/mol. The number of ether oxygens (including phenoxy) is 2. The molecule has 1 aromatic rings. The van der Waals surface area contributed by atoms with E-state index in [1.165, 1.54) is 6.92 Å². The van der Waals surface area contributed by atoms with Crippen molar-refractivity contribution in [1.82, 2.24) is 21.3 Å². The van der Waals surface area contributed by atoms with Crippen molar-refractivity contribution in [2.45, 2.75) is 82.5 Å². The maximum atomic E-state index is 13.7. The van der Waals surface area contributed by atoms with Crippen LogP contribution in [0.5, 0.6) is 5.75 Å². The molecule has 3 fully saturated rings. The van der Waals surface area contributed by atoms with Crippen molar-refractivity contribution in [3.8, 4) is 5.75 Å². The molecule has 5 atom stereocenters. The van der Waals surface area contributed by atoms with Crippen molar-refractivity contribution in [3.05, 3.63) is 29.8 Å². The van der Waals surface area contributed by atoms with E-state index < -0.39 is 47.4 Å². The molecule has 1 aromatic carbocycles. The fourth-order valence-electron chi connectivity index (χ4n) is 5.39. The van der Waals surface area contributed by atoms with Gasteiger partial charge in [-0.1, -0.05) is 37.8 Å². The Kier molecular flexibility index (Phi) is 9.44. The van der Waals surface area contributed by atoms with Gasteiger partial charge in [0.05, 0.1) is 25.7 Å². The van der Waals surface area contributed by atoms with Gasteiger partial charge in [0.15, 0.2) is 5.78 Å². The number of ketones is 1. The van der Waals surface area contributed by atoms with Crippen LogP contribution in [-0.4, -0.2) is 73.4 Å². The minimum Gasteiger partial charge on any atom is -0.497 e. The van der Waals surface area contributed by atoms with Crippen molar-refractivity contribution < 1.29 is 33.4 Å². The summed E-state index contributed by atoms with van der Waals surface area (Å²) in [6.45, 7) is 3.81. The highest BCUT2D eigenvalue weighted by atomic mass is 16.6. The van der Waals surface area contributed by atoms with Crippen LogP contribution in [0.25, 0.3) is 0 Å². The molecule has 11 nitrogen and oxygen atoms in total. The molecule has 2 aliphatic heterocycles. The van der Waals surface area contributed by atoms with E-state index in [0.29, 0.717) is 24.7 Å². The average molecular weight is 557 g/mol. The standard InChI is InChI=1S/C29H40N4O7/c1-17(31-27(37)20-14-24(34)30-15-20)26(36)33-23(13-19-8-10-21(39-3)11-9-19)28(38)32-22(12-18-6-4-5-7-18)25(35)29(2)16-40-29/h8-11,17-18,20,22-23H,4-7,12-16H2,1-3H3,(H,30,34)(H,31,37)(H,32,38)(H,33,36)/t17-,20-,22+,23+,29+/m1/s1. The summed E-state index contributed by atoms with van der Waals surface area (Å²) in [6, 6.07) is 4.49. The van der Waals surface area contributed by atoms with E-state index in [0.717, 1.165) is 31.2 Å². The molecule has 1 saturated carbocycles. The van der Waals surface area contributed by atoms with E-state index in [2.05, 4.69) is 21.3 Å². The molecule has 2 saturated heterocycles. The summed E-state index contributed by atoms with van der Waals surface area (Å²) in [5.41, 5.74) is -0.106. The van der Waals surface area contributed by atoms with Crippen LogP contribution in [0.1, 0.15) is 57.9 Å². The number of methoxy groups -OCH3 is 1. The normalized spacial score (nSPS) is 24.4. The van der Waals surface area contributed by atoms with Gasteiger partial charge in [0.1, 0.15) is 23.4 Å². The van der Waals surface area contributed by atoms with Crippen molar-refractivity contribution >= 4 is 29.4 Å². The van der Waals surface area contributed by atoms with Crippen molar-refractivity contribution in [3.63, 3.8) is 0 Å². The Morgan fingerprint density at radius 2 is 1.70 bits per heavy atom. The first-order valence-electron chi connectivity index (χ1n) is 14.1. The van der Waals surface area contributed by atoms with Crippen LogP contribution in [0, 0.1) is 11.8 Å². The van der Waals surface area contributed by atoms with Crippen LogP contribution in [0.2, 0.25) is 0 Å². The number of benzene rings is 1. The maximum Gasteiger partial charge on any atom is 0.243 e. The van der Waals surface area contributed by atoms with Crippen molar-refractivity contribution in [2.24, 2.45) is 11.8 Å². The van der Waals surface area contributed by atoms with Crippen molar-refractivity contribution in [2.75, 3.05) is 20.3 Å². The number of rotatable bonds is 13. The van der Waals surface area contributed by atoms with Crippen LogP contribution >= 0.6 is 0 Å². The summed E-state index contributed by atoms with van der Waals surface area (Å²) in [7, 11) is 1.56. The lowest BCUT2D eigenvalue weighted by atomic mass is 9.90. The summed E-state index contributed by atoms with van der Waals surface area (Å²) in [4.78, 5) is 64.1. The van der Waals surface area contributed by atoms with E-state index in [-0.39, 0.29) is 31.1 Å². The largest absolute Gasteiger partial charge is 0.497 e. The Bertz CT molecular complexity index is 1110. The number of carbonyl (C=O) groups excluding carboxylic acids is 5. The molecule has 4 N–H and O–H groups in total. The molecule has 218 valence electrons. The highest BCUT2D eigenvalue weighted by molar-refractivity contribution is 5.98. The van der Waals surface area contributed by atoms with E-state index >= 15 is 0 Å². The van der Waals surface area contributed by atoms with E-state index in [9.17, 15) is 24.0 Å². The molecule has 0 bridgehead atoms. The fraction of sp³-hybridized carbons (Fsp3) is 0.621. The summed E-state index contributed by atoms with van der Waals surface area (Å²) in [5, 5.41) is 10.9. The SMILES string of the molecule is COc1ccc(C[C@H](NC(=O)[C@@H](C)NC(=O)[C@H]2CNC(=O)C2)C(=O)N[C@@H](CC2CCCC2)C(=O)[C@]2(C)CO2)cc1. The van der Waals surface area contributed by atoms with Crippen LogP contribution in [0.4, 0.5) is 0 Å². The molecular formula is C29H40N4O7. The zero-order valence-electron chi connectivity index (χ0n) is 23.4. The molecule has 3 aliphatic rings. The second-order valence-electron chi connectivity index (χ2n) is 11.4. The molecule has 2 heterocycles. The Balaban J connectivity index is 1.46. The van der Waals surface area contributed by atoms with Crippen molar-refractivity contribution in [1.29, 1.82) is 0 Å². The summed E-state index contributed by atoms with van der Waals surface area (Å²) < 4.78 is 10.6. The average Bonchev–Trinajstić information content (AvgIpc) is 3.28. The second-order valence-corrected chi connectivity index (χ2v) is 11.4. The monoisotopic (exact) mass is 556 g/mol. The lowest BCUT2D eigenvalue weighted by Gasteiger charge is -2.26. The molecule has 40 heavy (non-hydrogen) atoms. The zero-order chi connectivity index (χ0) is 28.9. The van der Waals surface area contributed by atoms with Crippen LogP contribution in [0.15, 0.2) is 24.3 Å². The number of Topliss-reactive ketones (excluding diaryl/α,β-unsaturated/α-hetero) is 1. The number of hydrogen-bond acceptors (Lipinski definition) is 7. The summed E-state index contributed by atoms with van der Waals surface area (Å²) in [6.07, 6.45) is 5.03. The highest BCUT2D eigenvalue weighted by Crippen LogP contribution is 2.33. The van der Waals surface area contributed by atoms with Gasteiger partial charge in [-0.05, 0) is 43.9 Å².